The van der Waals surface area contributed by atoms with Crippen LogP contribution in [0.1, 0.15) is 28.4 Å². The molecule has 0 saturated heterocycles. The molecule has 1 aliphatic rings. The Bertz CT molecular complexity index is 1240. The lowest BCUT2D eigenvalue weighted by Crippen LogP contribution is -2.35. The predicted molar refractivity (Wildman–Crippen MR) is 120 cm³/mol. The Kier molecular flexibility index (Phi) is 5.99. The molecule has 0 saturated carbocycles. The number of rotatable bonds is 6. The number of sulfonamides is 1. The number of methoxy groups -OCH3 is 1. The minimum Gasteiger partial charge on any atom is -0.497 e. The lowest BCUT2D eigenvalue weighted by molar-refractivity contribution is 0.0981. The number of halogens is 1. The summed E-state index contributed by atoms with van der Waals surface area (Å²) in [6.45, 7) is 2.03. The van der Waals surface area contributed by atoms with Gasteiger partial charge in [-0.2, -0.15) is 0 Å². The molecule has 0 fully saturated rings. The maximum absolute atomic E-state index is 13.2. The van der Waals surface area contributed by atoms with Gasteiger partial charge in [0, 0.05) is 23.8 Å². The van der Waals surface area contributed by atoms with E-state index in [9.17, 15) is 17.6 Å². The molecule has 1 N–H and O–H groups in total. The van der Waals surface area contributed by atoms with Crippen molar-refractivity contribution in [2.45, 2.75) is 30.8 Å². The highest BCUT2D eigenvalue weighted by Gasteiger charge is 2.31. The van der Waals surface area contributed by atoms with Gasteiger partial charge in [-0.05, 0) is 79.1 Å². The zero-order chi connectivity index (χ0) is 22.9. The van der Waals surface area contributed by atoms with Gasteiger partial charge in [-0.1, -0.05) is 12.1 Å². The second kappa shape index (κ2) is 8.72. The van der Waals surface area contributed by atoms with Gasteiger partial charge in [0.15, 0.2) is 0 Å². The van der Waals surface area contributed by atoms with Crippen LogP contribution in [0.4, 0.5) is 10.1 Å². The summed E-state index contributed by atoms with van der Waals surface area (Å²) in [4.78, 5) is 14.9. The molecule has 166 valence electrons. The molecule has 1 aliphatic heterocycles. The van der Waals surface area contributed by atoms with Gasteiger partial charge in [-0.15, -0.1) is 0 Å². The molecular formula is C24H23FN2O4S. The van der Waals surface area contributed by atoms with Gasteiger partial charge in [-0.25, -0.2) is 17.5 Å². The molecule has 1 heterocycles. The fourth-order valence-corrected chi connectivity index (χ4v) is 4.84. The molecule has 0 aliphatic carbocycles. The van der Waals surface area contributed by atoms with Crippen molar-refractivity contribution in [3.8, 4) is 5.75 Å². The van der Waals surface area contributed by atoms with E-state index in [4.69, 9.17) is 4.74 Å². The molecular weight excluding hydrogens is 431 g/mol. The minimum atomic E-state index is -3.79. The molecule has 0 radical (unpaired) electrons. The van der Waals surface area contributed by atoms with E-state index in [2.05, 4.69) is 4.72 Å². The fraction of sp³-hybridized carbons (Fsp3) is 0.208. The van der Waals surface area contributed by atoms with E-state index in [-0.39, 0.29) is 23.4 Å². The predicted octanol–water partition coefficient (Wildman–Crippen LogP) is 3.90. The van der Waals surface area contributed by atoms with Gasteiger partial charge in [0.05, 0.1) is 12.0 Å². The molecule has 4 rings (SSSR count). The lowest BCUT2D eigenvalue weighted by atomic mass is 10.1. The largest absolute Gasteiger partial charge is 0.497 e. The highest BCUT2D eigenvalue weighted by atomic mass is 32.2. The van der Waals surface area contributed by atoms with Crippen LogP contribution in [0.5, 0.6) is 5.75 Å². The van der Waals surface area contributed by atoms with Crippen molar-refractivity contribution in [3.05, 3.63) is 89.2 Å². The first-order valence-electron chi connectivity index (χ1n) is 10.1. The summed E-state index contributed by atoms with van der Waals surface area (Å²) in [6, 6.07) is 17.2. The normalized spacial score (nSPS) is 15.5. The van der Waals surface area contributed by atoms with Gasteiger partial charge in [0.2, 0.25) is 10.0 Å². The number of anilines is 1. The van der Waals surface area contributed by atoms with Gasteiger partial charge in [0.1, 0.15) is 11.6 Å². The third kappa shape index (κ3) is 4.37. The number of fused-ring (bicyclic) bond motifs is 1. The van der Waals surface area contributed by atoms with Crippen LogP contribution in [0.15, 0.2) is 71.6 Å². The fourth-order valence-electron chi connectivity index (χ4n) is 3.82. The lowest BCUT2D eigenvalue weighted by Gasteiger charge is -2.23. The summed E-state index contributed by atoms with van der Waals surface area (Å²) in [6.07, 6.45) is 0.721. The molecule has 6 nitrogen and oxygen atoms in total. The molecule has 0 spiro atoms. The molecule has 0 aromatic heterocycles. The van der Waals surface area contributed by atoms with Gasteiger partial charge < -0.3 is 9.64 Å². The van der Waals surface area contributed by atoms with E-state index in [0.717, 1.165) is 35.4 Å². The Labute approximate surface area is 186 Å². The van der Waals surface area contributed by atoms with Crippen molar-refractivity contribution in [2.75, 3.05) is 12.0 Å². The maximum atomic E-state index is 13.2. The standard InChI is InChI=1S/C24H23FN2O4S/c1-16-13-19-4-3-17(15-26-32(29,30)22-11-7-20(25)8-12-22)14-23(19)27(16)24(28)18-5-9-21(31-2)10-6-18/h3-12,14,16,26H,13,15H2,1-2H3. The number of amides is 1. The number of benzene rings is 3. The summed E-state index contributed by atoms with van der Waals surface area (Å²) in [5, 5.41) is 0. The number of nitrogens with one attached hydrogen (secondary N) is 1. The van der Waals surface area contributed by atoms with Crippen LogP contribution in [0.3, 0.4) is 0 Å². The van der Waals surface area contributed by atoms with Crippen LogP contribution < -0.4 is 14.4 Å². The molecule has 1 unspecified atom stereocenters. The van der Waals surface area contributed by atoms with E-state index < -0.39 is 15.8 Å². The highest BCUT2D eigenvalue weighted by Crippen LogP contribution is 2.34. The topological polar surface area (TPSA) is 75.7 Å². The van der Waals surface area contributed by atoms with E-state index in [1.54, 1.807) is 36.3 Å². The summed E-state index contributed by atoms with van der Waals surface area (Å²) >= 11 is 0. The van der Waals surface area contributed by atoms with Crippen molar-refractivity contribution in [3.63, 3.8) is 0 Å². The highest BCUT2D eigenvalue weighted by molar-refractivity contribution is 7.89. The van der Waals surface area contributed by atoms with E-state index >= 15 is 0 Å². The van der Waals surface area contributed by atoms with Crippen molar-refractivity contribution in [2.24, 2.45) is 0 Å². The average molecular weight is 455 g/mol. The Morgan fingerprint density at radius 1 is 1.09 bits per heavy atom. The van der Waals surface area contributed by atoms with E-state index in [1.165, 1.54) is 12.1 Å². The van der Waals surface area contributed by atoms with E-state index in [1.807, 2.05) is 25.1 Å². The summed E-state index contributed by atoms with van der Waals surface area (Å²) in [7, 11) is -2.22. The number of carbonyl (C=O) groups excluding carboxylic acids is 1. The second-order valence-corrected chi connectivity index (χ2v) is 9.47. The maximum Gasteiger partial charge on any atom is 0.258 e. The number of carbonyl (C=O) groups is 1. The van der Waals surface area contributed by atoms with Gasteiger partial charge in [0.25, 0.3) is 5.91 Å². The zero-order valence-corrected chi connectivity index (χ0v) is 18.5. The zero-order valence-electron chi connectivity index (χ0n) is 17.7. The minimum absolute atomic E-state index is 0.00927. The first-order chi connectivity index (χ1) is 15.3. The number of ether oxygens (including phenoxy) is 1. The molecule has 3 aromatic carbocycles. The Morgan fingerprint density at radius 3 is 2.44 bits per heavy atom. The molecule has 3 aromatic rings. The van der Waals surface area contributed by atoms with Crippen LogP contribution in [-0.2, 0) is 23.0 Å². The average Bonchev–Trinajstić information content (AvgIpc) is 3.12. The smallest absolute Gasteiger partial charge is 0.258 e. The molecule has 8 heteroatoms. The van der Waals surface area contributed by atoms with Crippen molar-refractivity contribution in [1.82, 2.24) is 4.72 Å². The van der Waals surface area contributed by atoms with Crippen LogP contribution in [0.2, 0.25) is 0 Å². The van der Waals surface area contributed by atoms with Crippen LogP contribution in [-0.4, -0.2) is 27.5 Å². The summed E-state index contributed by atoms with van der Waals surface area (Å²) in [5.41, 5.74) is 3.07. The first-order valence-corrected chi connectivity index (χ1v) is 11.6. The quantitative estimate of drug-likeness (QED) is 0.613. The number of nitrogens with zero attached hydrogens (tertiary/aromatic N) is 1. The summed E-state index contributed by atoms with van der Waals surface area (Å²) < 4.78 is 45.8. The SMILES string of the molecule is COc1ccc(C(=O)N2c3cc(CNS(=O)(=O)c4ccc(F)cc4)ccc3CC2C)cc1. The van der Waals surface area contributed by atoms with Crippen molar-refractivity contribution in [1.29, 1.82) is 0 Å². The Morgan fingerprint density at radius 2 is 1.78 bits per heavy atom. The molecule has 32 heavy (non-hydrogen) atoms. The van der Waals surface area contributed by atoms with Gasteiger partial charge >= 0.3 is 0 Å². The first kappa shape index (κ1) is 22.0. The van der Waals surface area contributed by atoms with Crippen molar-refractivity contribution >= 4 is 21.6 Å². The molecule has 1 amide bonds. The second-order valence-electron chi connectivity index (χ2n) is 7.70. The number of hydrogen-bond acceptors (Lipinski definition) is 4. The monoisotopic (exact) mass is 454 g/mol. The summed E-state index contributed by atoms with van der Waals surface area (Å²) in [5.74, 6) is 0.0494. The Hall–Kier alpha value is -3.23. The third-order valence-electron chi connectivity index (χ3n) is 5.51. The van der Waals surface area contributed by atoms with E-state index in [0.29, 0.717) is 11.3 Å². The Balaban J connectivity index is 1.55. The van der Waals surface area contributed by atoms with Crippen LogP contribution in [0.25, 0.3) is 0 Å². The third-order valence-corrected chi connectivity index (χ3v) is 6.93. The molecule has 1 atom stereocenters. The van der Waals surface area contributed by atoms with Crippen molar-refractivity contribution < 1.29 is 22.3 Å². The van der Waals surface area contributed by atoms with Gasteiger partial charge in [-0.3, -0.25) is 4.79 Å². The van der Waals surface area contributed by atoms with Crippen LogP contribution >= 0.6 is 0 Å². The molecule has 0 bridgehead atoms. The number of hydrogen-bond donors (Lipinski definition) is 1. The van der Waals surface area contributed by atoms with Crippen LogP contribution in [0, 0.1) is 5.82 Å².